The van der Waals surface area contributed by atoms with Crippen LogP contribution < -0.4 is 0 Å². The highest BCUT2D eigenvalue weighted by atomic mass is 16.6. The first-order chi connectivity index (χ1) is 14.1. The van der Waals surface area contributed by atoms with Gasteiger partial charge in [-0.3, -0.25) is 4.90 Å². The quantitative estimate of drug-likeness (QED) is 0.827. The van der Waals surface area contributed by atoms with Gasteiger partial charge in [-0.2, -0.15) is 0 Å². The zero-order chi connectivity index (χ0) is 20.0. The minimum absolute atomic E-state index is 0.0160. The van der Waals surface area contributed by atoms with Gasteiger partial charge in [-0.15, -0.1) is 0 Å². The van der Waals surface area contributed by atoms with E-state index in [-0.39, 0.29) is 17.9 Å². The van der Waals surface area contributed by atoms with Crippen molar-refractivity contribution in [3.05, 3.63) is 59.7 Å². The standard InChI is InChI=1S/C24H25NO4/c26-22(27)21-13-24(11-5-6-12-24)15-25(21)23(28)29-14-20-18-9-3-1-7-16(18)17-8-2-4-10-19(17)20/h1-4,7-10,20-21H,5-6,11-15H2,(H,26,27). The van der Waals surface area contributed by atoms with E-state index in [0.29, 0.717) is 13.0 Å². The Hall–Kier alpha value is -2.82. The zero-order valence-corrected chi connectivity index (χ0v) is 16.3. The molecule has 1 unspecified atom stereocenters. The summed E-state index contributed by atoms with van der Waals surface area (Å²) in [6, 6.07) is 15.6. The van der Waals surface area contributed by atoms with Gasteiger partial charge in [0.2, 0.25) is 0 Å². The molecule has 2 aromatic carbocycles. The Balaban J connectivity index is 1.35. The Morgan fingerprint density at radius 2 is 1.59 bits per heavy atom. The van der Waals surface area contributed by atoms with Crippen molar-refractivity contribution in [1.82, 2.24) is 4.90 Å². The molecule has 0 radical (unpaired) electrons. The molecule has 1 aliphatic heterocycles. The van der Waals surface area contributed by atoms with E-state index in [4.69, 9.17) is 4.74 Å². The van der Waals surface area contributed by atoms with Crippen LogP contribution >= 0.6 is 0 Å². The molecular formula is C24H25NO4. The number of ether oxygens (including phenoxy) is 1. The number of rotatable bonds is 3. The van der Waals surface area contributed by atoms with Crippen molar-refractivity contribution in [2.45, 2.75) is 44.1 Å². The molecular weight excluding hydrogens is 366 g/mol. The Labute approximate surface area is 170 Å². The van der Waals surface area contributed by atoms with Gasteiger partial charge in [0, 0.05) is 12.5 Å². The van der Waals surface area contributed by atoms with Gasteiger partial charge in [0.25, 0.3) is 0 Å². The summed E-state index contributed by atoms with van der Waals surface area (Å²) >= 11 is 0. The minimum Gasteiger partial charge on any atom is -0.480 e. The molecule has 1 amide bonds. The van der Waals surface area contributed by atoms with E-state index in [9.17, 15) is 14.7 Å². The molecule has 5 heteroatoms. The summed E-state index contributed by atoms with van der Waals surface area (Å²) in [5.41, 5.74) is 4.64. The fourth-order valence-corrected chi connectivity index (χ4v) is 5.63. The van der Waals surface area contributed by atoms with Crippen LogP contribution in [0, 0.1) is 5.41 Å². The fraction of sp³-hybridized carbons (Fsp3) is 0.417. The molecule has 1 saturated carbocycles. The number of aliphatic carboxylic acids is 1. The zero-order valence-electron chi connectivity index (χ0n) is 16.3. The van der Waals surface area contributed by atoms with Crippen LogP contribution in [-0.2, 0) is 9.53 Å². The van der Waals surface area contributed by atoms with E-state index >= 15 is 0 Å². The largest absolute Gasteiger partial charge is 0.480 e. The highest BCUT2D eigenvalue weighted by Gasteiger charge is 2.50. The number of amides is 1. The molecule has 1 N–H and O–H groups in total. The predicted molar refractivity (Wildman–Crippen MR) is 109 cm³/mol. The van der Waals surface area contributed by atoms with Gasteiger partial charge in [-0.05, 0) is 46.9 Å². The van der Waals surface area contributed by atoms with Gasteiger partial charge in [0.1, 0.15) is 12.6 Å². The van der Waals surface area contributed by atoms with Crippen molar-refractivity contribution in [3.63, 3.8) is 0 Å². The summed E-state index contributed by atoms with van der Waals surface area (Å²) in [7, 11) is 0. The van der Waals surface area contributed by atoms with Crippen LogP contribution in [0.1, 0.15) is 49.1 Å². The number of carbonyl (C=O) groups is 2. The molecule has 1 atom stereocenters. The molecule has 2 aromatic rings. The molecule has 5 nitrogen and oxygen atoms in total. The minimum atomic E-state index is -0.928. The number of hydrogen-bond acceptors (Lipinski definition) is 3. The normalized spacial score (nSPS) is 21.9. The lowest BCUT2D eigenvalue weighted by molar-refractivity contribution is -0.141. The van der Waals surface area contributed by atoms with Gasteiger partial charge >= 0.3 is 12.1 Å². The topological polar surface area (TPSA) is 66.8 Å². The molecule has 2 fully saturated rings. The van der Waals surface area contributed by atoms with Crippen LogP contribution in [0.4, 0.5) is 4.79 Å². The smallest absolute Gasteiger partial charge is 0.410 e. The van der Waals surface area contributed by atoms with Gasteiger partial charge < -0.3 is 9.84 Å². The average Bonchev–Trinajstić information content (AvgIpc) is 3.43. The first-order valence-electron chi connectivity index (χ1n) is 10.4. The molecule has 5 rings (SSSR count). The Morgan fingerprint density at radius 3 is 2.17 bits per heavy atom. The van der Waals surface area contributed by atoms with Crippen LogP contribution in [0.15, 0.2) is 48.5 Å². The summed E-state index contributed by atoms with van der Waals surface area (Å²) in [6.45, 7) is 0.726. The lowest BCUT2D eigenvalue weighted by atomic mass is 9.84. The molecule has 2 aliphatic carbocycles. The molecule has 1 heterocycles. The molecule has 3 aliphatic rings. The number of fused-ring (bicyclic) bond motifs is 3. The second-order valence-electron chi connectivity index (χ2n) is 8.70. The molecule has 1 saturated heterocycles. The third kappa shape index (κ3) is 3.00. The third-order valence-corrected chi connectivity index (χ3v) is 7.03. The maximum Gasteiger partial charge on any atom is 0.410 e. The molecule has 0 aromatic heterocycles. The second-order valence-corrected chi connectivity index (χ2v) is 8.70. The molecule has 150 valence electrons. The summed E-state index contributed by atoms with van der Waals surface area (Å²) in [6.07, 6.45) is 4.29. The first kappa shape index (κ1) is 18.2. The monoisotopic (exact) mass is 391 g/mol. The number of carboxylic acids is 1. The summed E-state index contributed by atoms with van der Waals surface area (Å²) in [5.74, 6) is -0.944. The number of benzene rings is 2. The van der Waals surface area contributed by atoms with E-state index in [1.54, 1.807) is 0 Å². The third-order valence-electron chi connectivity index (χ3n) is 7.03. The highest BCUT2D eigenvalue weighted by molar-refractivity contribution is 5.82. The van der Waals surface area contributed by atoms with Crippen LogP contribution in [0.5, 0.6) is 0 Å². The van der Waals surface area contributed by atoms with Crippen molar-refractivity contribution < 1.29 is 19.4 Å². The lowest BCUT2D eigenvalue weighted by Crippen LogP contribution is -2.41. The molecule has 29 heavy (non-hydrogen) atoms. The first-order valence-corrected chi connectivity index (χ1v) is 10.4. The van der Waals surface area contributed by atoms with E-state index < -0.39 is 18.1 Å². The number of likely N-dealkylation sites (tertiary alicyclic amines) is 1. The Kier molecular flexibility index (Phi) is 4.34. The van der Waals surface area contributed by atoms with E-state index in [1.165, 1.54) is 16.0 Å². The second kappa shape index (κ2) is 6.90. The predicted octanol–water partition coefficient (Wildman–Crippen LogP) is 4.65. The molecule has 1 spiro atoms. The average molecular weight is 391 g/mol. The maximum absolute atomic E-state index is 12.9. The Morgan fingerprint density at radius 1 is 1.00 bits per heavy atom. The summed E-state index contributed by atoms with van der Waals surface area (Å²) in [4.78, 5) is 26.2. The van der Waals surface area contributed by atoms with Crippen molar-refractivity contribution in [2.75, 3.05) is 13.2 Å². The van der Waals surface area contributed by atoms with Gasteiger partial charge in [0.05, 0.1) is 0 Å². The number of hydrogen-bond donors (Lipinski definition) is 1. The van der Waals surface area contributed by atoms with Crippen molar-refractivity contribution >= 4 is 12.1 Å². The van der Waals surface area contributed by atoms with Crippen molar-refractivity contribution in [3.8, 4) is 11.1 Å². The van der Waals surface area contributed by atoms with Gasteiger partial charge in [-0.25, -0.2) is 9.59 Å². The van der Waals surface area contributed by atoms with Gasteiger partial charge in [0.15, 0.2) is 0 Å². The highest BCUT2D eigenvalue weighted by Crippen LogP contribution is 2.48. The SMILES string of the molecule is O=C(O)C1CC2(CCCC2)CN1C(=O)OCC1c2ccccc2-c2ccccc21. The van der Waals surface area contributed by atoms with E-state index in [1.807, 2.05) is 24.3 Å². The van der Waals surface area contributed by atoms with Crippen LogP contribution in [0.2, 0.25) is 0 Å². The van der Waals surface area contributed by atoms with Crippen LogP contribution in [0.3, 0.4) is 0 Å². The van der Waals surface area contributed by atoms with E-state index in [0.717, 1.165) is 36.8 Å². The van der Waals surface area contributed by atoms with Crippen molar-refractivity contribution in [1.29, 1.82) is 0 Å². The number of nitrogens with zero attached hydrogens (tertiary/aromatic N) is 1. The molecule has 0 bridgehead atoms. The summed E-state index contributed by atoms with van der Waals surface area (Å²) < 4.78 is 5.73. The lowest BCUT2D eigenvalue weighted by Gasteiger charge is -2.24. The van der Waals surface area contributed by atoms with Crippen LogP contribution in [0.25, 0.3) is 11.1 Å². The maximum atomic E-state index is 12.9. The van der Waals surface area contributed by atoms with E-state index in [2.05, 4.69) is 24.3 Å². The number of carbonyl (C=O) groups excluding carboxylic acids is 1. The van der Waals surface area contributed by atoms with Crippen molar-refractivity contribution in [2.24, 2.45) is 5.41 Å². The number of carboxylic acid groups (broad SMARTS) is 1. The Bertz CT molecular complexity index is 917. The summed E-state index contributed by atoms with van der Waals surface area (Å²) in [5, 5.41) is 9.67. The fourth-order valence-electron chi connectivity index (χ4n) is 5.63. The van der Waals surface area contributed by atoms with Crippen LogP contribution in [-0.4, -0.2) is 41.3 Å². The van der Waals surface area contributed by atoms with Gasteiger partial charge in [-0.1, -0.05) is 61.4 Å².